The maximum atomic E-state index is 5.77. The van der Waals surface area contributed by atoms with Gasteiger partial charge in [0.2, 0.25) is 0 Å². The summed E-state index contributed by atoms with van der Waals surface area (Å²) in [6, 6.07) is 0.671. The average Bonchev–Trinajstić information content (AvgIpc) is 2.87. The Kier molecular flexibility index (Phi) is 2.94. The molecule has 0 radical (unpaired) electrons. The molecule has 1 aliphatic carbocycles. The number of ether oxygens (including phenoxy) is 1. The molecule has 2 saturated heterocycles. The van der Waals surface area contributed by atoms with Crippen LogP contribution in [0.15, 0.2) is 0 Å². The zero-order valence-corrected chi connectivity index (χ0v) is 10.4. The SMILES string of the molecule is CC1CNCC2(CC2)CN1CC1CCCO1. The fourth-order valence-electron chi connectivity index (χ4n) is 3.12. The molecule has 2 atom stereocenters. The smallest absolute Gasteiger partial charge is 0.0702 e. The van der Waals surface area contributed by atoms with Crippen molar-refractivity contribution in [3.05, 3.63) is 0 Å². The van der Waals surface area contributed by atoms with Gasteiger partial charge in [0, 0.05) is 38.8 Å². The Labute approximate surface area is 98.5 Å². The lowest BCUT2D eigenvalue weighted by molar-refractivity contribution is 0.0567. The van der Waals surface area contributed by atoms with Gasteiger partial charge in [-0.1, -0.05) is 0 Å². The highest BCUT2D eigenvalue weighted by molar-refractivity contribution is 5.00. The van der Waals surface area contributed by atoms with Gasteiger partial charge >= 0.3 is 0 Å². The molecule has 1 saturated carbocycles. The van der Waals surface area contributed by atoms with Crippen LogP contribution in [0.4, 0.5) is 0 Å². The van der Waals surface area contributed by atoms with E-state index in [1.54, 1.807) is 0 Å². The van der Waals surface area contributed by atoms with Crippen molar-refractivity contribution in [1.82, 2.24) is 10.2 Å². The first-order valence-electron chi connectivity index (χ1n) is 6.84. The van der Waals surface area contributed by atoms with Crippen LogP contribution in [0.1, 0.15) is 32.6 Å². The lowest BCUT2D eigenvalue weighted by Crippen LogP contribution is -2.42. The molecule has 3 rings (SSSR count). The van der Waals surface area contributed by atoms with Crippen molar-refractivity contribution < 1.29 is 4.74 Å². The van der Waals surface area contributed by atoms with Crippen molar-refractivity contribution in [1.29, 1.82) is 0 Å². The van der Waals surface area contributed by atoms with E-state index in [4.69, 9.17) is 4.74 Å². The van der Waals surface area contributed by atoms with Gasteiger partial charge in [-0.3, -0.25) is 4.90 Å². The molecule has 2 aliphatic heterocycles. The normalized spacial score (nSPS) is 38.8. The molecule has 3 fully saturated rings. The van der Waals surface area contributed by atoms with E-state index in [-0.39, 0.29) is 0 Å². The van der Waals surface area contributed by atoms with Gasteiger partial charge in [-0.05, 0) is 38.0 Å². The van der Waals surface area contributed by atoms with Gasteiger partial charge in [0.1, 0.15) is 0 Å². The molecule has 1 spiro atoms. The number of nitrogens with one attached hydrogen (secondary N) is 1. The number of hydrogen-bond donors (Lipinski definition) is 1. The van der Waals surface area contributed by atoms with Crippen molar-refractivity contribution in [2.45, 2.75) is 44.8 Å². The maximum Gasteiger partial charge on any atom is 0.0702 e. The predicted molar refractivity (Wildman–Crippen MR) is 64.5 cm³/mol. The third kappa shape index (κ3) is 2.27. The number of hydrogen-bond acceptors (Lipinski definition) is 3. The molecular formula is C13H24N2O. The summed E-state index contributed by atoms with van der Waals surface area (Å²) in [5.74, 6) is 0. The second-order valence-electron chi connectivity index (χ2n) is 6.04. The molecule has 92 valence electrons. The molecular weight excluding hydrogens is 200 g/mol. The second-order valence-corrected chi connectivity index (χ2v) is 6.04. The summed E-state index contributed by atoms with van der Waals surface area (Å²) in [6.45, 7) is 8.17. The van der Waals surface area contributed by atoms with E-state index in [9.17, 15) is 0 Å². The van der Waals surface area contributed by atoms with Gasteiger partial charge in [0.15, 0.2) is 0 Å². The molecule has 3 heteroatoms. The second kappa shape index (κ2) is 4.28. The largest absolute Gasteiger partial charge is 0.377 e. The zero-order chi connectivity index (χ0) is 11.0. The third-order valence-corrected chi connectivity index (χ3v) is 4.52. The Morgan fingerprint density at radius 2 is 2.31 bits per heavy atom. The van der Waals surface area contributed by atoms with E-state index in [1.165, 1.54) is 38.8 Å². The monoisotopic (exact) mass is 224 g/mol. The molecule has 1 N–H and O–H groups in total. The van der Waals surface area contributed by atoms with Crippen LogP contribution in [0, 0.1) is 5.41 Å². The summed E-state index contributed by atoms with van der Waals surface area (Å²) in [4.78, 5) is 2.67. The average molecular weight is 224 g/mol. The molecule has 3 nitrogen and oxygen atoms in total. The Balaban J connectivity index is 1.61. The van der Waals surface area contributed by atoms with Crippen LogP contribution >= 0.6 is 0 Å². The van der Waals surface area contributed by atoms with Gasteiger partial charge in [-0.2, -0.15) is 0 Å². The molecule has 0 amide bonds. The molecule has 16 heavy (non-hydrogen) atoms. The summed E-state index contributed by atoms with van der Waals surface area (Å²) in [5, 5.41) is 3.62. The van der Waals surface area contributed by atoms with E-state index in [0.29, 0.717) is 17.6 Å². The van der Waals surface area contributed by atoms with Crippen molar-refractivity contribution >= 4 is 0 Å². The van der Waals surface area contributed by atoms with Gasteiger partial charge in [0.05, 0.1) is 6.10 Å². The molecule has 0 aromatic carbocycles. The highest BCUT2D eigenvalue weighted by Gasteiger charge is 2.45. The van der Waals surface area contributed by atoms with Gasteiger partial charge in [-0.25, -0.2) is 0 Å². The predicted octanol–water partition coefficient (Wildman–Crippen LogP) is 1.24. The fraction of sp³-hybridized carbons (Fsp3) is 1.00. The van der Waals surface area contributed by atoms with Crippen molar-refractivity contribution in [2.24, 2.45) is 5.41 Å². The highest BCUT2D eigenvalue weighted by Crippen LogP contribution is 2.46. The summed E-state index contributed by atoms with van der Waals surface area (Å²) < 4.78 is 5.77. The summed E-state index contributed by atoms with van der Waals surface area (Å²) >= 11 is 0. The molecule has 0 bridgehead atoms. The first kappa shape index (κ1) is 11.0. The van der Waals surface area contributed by atoms with E-state index < -0.39 is 0 Å². The Hall–Kier alpha value is -0.120. The first-order chi connectivity index (χ1) is 7.77. The molecule has 0 aromatic rings. The van der Waals surface area contributed by atoms with Crippen LogP contribution in [0.2, 0.25) is 0 Å². The van der Waals surface area contributed by atoms with Gasteiger partial charge in [-0.15, -0.1) is 0 Å². The van der Waals surface area contributed by atoms with Gasteiger partial charge in [0.25, 0.3) is 0 Å². The summed E-state index contributed by atoms with van der Waals surface area (Å²) in [7, 11) is 0. The van der Waals surface area contributed by atoms with Crippen LogP contribution in [0.3, 0.4) is 0 Å². The van der Waals surface area contributed by atoms with E-state index in [0.717, 1.165) is 19.7 Å². The van der Waals surface area contributed by atoms with Gasteiger partial charge < -0.3 is 10.1 Å². The lowest BCUT2D eigenvalue weighted by atomic mass is 10.1. The molecule has 0 aromatic heterocycles. The van der Waals surface area contributed by atoms with Crippen LogP contribution in [0.5, 0.6) is 0 Å². The van der Waals surface area contributed by atoms with Crippen molar-refractivity contribution in [2.75, 3.05) is 32.8 Å². The summed E-state index contributed by atoms with van der Waals surface area (Å²) in [5.41, 5.74) is 0.628. The van der Waals surface area contributed by atoms with E-state index >= 15 is 0 Å². The van der Waals surface area contributed by atoms with Crippen LogP contribution < -0.4 is 5.32 Å². The van der Waals surface area contributed by atoms with Crippen molar-refractivity contribution in [3.63, 3.8) is 0 Å². The quantitative estimate of drug-likeness (QED) is 0.764. The molecule has 3 aliphatic rings. The van der Waals surface area contributed by atoms with E-state index in [2.05, 4.69) is 17.1 Å². The Morgan fingerprint density at radius 1 is 1.44 bits per heavy atom. The third-order valence-electron chi connectivity index (χ3n) is 4.52. The van der Waals surface area contributed by atoms with E-state index in [1.807, 2.05) is 0 Å². The van der Waals surface area contributed by atoms with Crippen LogP contribution in [-0.2, 0) is 4.74 Å². The topological polar surface area (TPSA) is 24.5 Å². The molecule has 2 unspecified atom stereocenters. The minimum atomic E-state index is 0.511. The molecule has 2 heterocycles. The standard InChI is InChI=1S/C13H24N2O/c1-11-7-14-9-13(4-5-13)10-15(11)8-12-3-2-6-16-12/h11-12,14H,2-10H2,1H3. The number of nitrogens with zero attached hydrogens (tertiary/aromatic N) is 1. The van der Waals surface area contributed by atoms with Crippen molar-refractivity contribution in [3.8, 4) is 0 Å². The minimum Gasteiger partial charge on any atom is -0.377 e. The first-order valence-corrected chi connectivity index (χ1v) is 6.84. The highest BCUT2D eigenvalue weighted by atomic mass is 16.5. The fourth-order valence-corrected chi connectivity index (χ4v) is 3.12. The van der Waals surface area contributed by atoms with Crippen LogP contribution in [-0.4, -0.2) is 49.8 Å². The number of rotatable bonds is 2. The Morgan fingerprint density at radius 3 is 3.00 bits per heavy atom. The Bertz CT molecular complexity index is 246. The lowest BCUT2D eigenvalue weighted by Gasteiger charge is -2.30. The maximum absolute atomic E-state index is 5.77. The zero-order valence-electron chi connectivity index (χ0n) is 10.4. The summed E-state index contributed by atoms with van der Waals surface area (Å²) in [6.07, 6.45) is 5.89. The van der Waals surface area contributed by atoms with Crippen LogP contribution in [0.25, 0.3) is 0 Å². The minimum absolute atomic E-state index is 0.511.